The Morgan fingerprint density at radius 2 is 1.95 bits per heavy atom. The minimum absolute atomic E-state index is 0.0788. The fourth-order valence-electron chi connectivity index (χ4n) is 1.90. The molecule has 0 saturated heterocycles. The van der Waals surface area contributed by atoms with E-state index in [0.29, 0.717) is 13.1 Å². The minimum atomic E-state index is -0.647. The Morgan fingerprint density at radius 3 is 2.50 bits per heavy atom. The lowest BCUT2D eigenvalue weighted by Crippen LogP contribution is -2.32. The van der Waals surface area contributed by atoms with Gasteiger partial charge in [0.2, 0.25) is 5.91 Å². The van der Waals surface area contributed by atoms with E-state index in [9.17, 15) is 4.79 Å². The summed E-state index contributed by atoms with van der Waals surface area (Å²) < 4.78 is 0.731. The van der Waals surface area contributed by atoms with E-state index < -0.39 is 5.38 Å². The summed E-state index contributed by atoms with van der Waals surface area (Å²) in [7, 11) is 0. The van der Waals surface area contributed by atoms with E-state index in [4.69, 9.17) is 23.2 Å². The highest BCUT2D eigenvalue weighted by atomic mass is 35.5. The first kappa shape index (κ1) is 15.4. The molecular formula is C15H15Cl2NOS. The predicted molar refractivity (Wildman–Crippen MR) is 85.5 cm³/mol. The zero-order chi connectivity index (χ0) is 14.5. The summed E-state index contributed by atoms with van der Waals surface area (Å²) in [5.74, 6) is -0.0788. The Balaban J connectivity index is 2.09. The highest BCUT2D eigenvalue weighted by Gasteiger charge is 2.23. The summed E-state index contributed by atoms with van der Waals surface area (Å²) in [5.41, 5.74) is 0.821. The molecule has 0 bridgehead atoms. The molecule has 0 spiro atoms. The van der Waals surface area contributed by atoms with Crippen LogP contribution in [0.25, 0.3) is 0 Å². The Kier molecular flexibility index (Phi) is 5.46. The van der Waals surface area contributed by atoms with Gasteiger partial charge in [-0.1, -0.05) is 41.9 Å². The number of nitrogens with zero attached hydrogens (tertiary/aromatic N) is 1. The first-order chi connectivity index (χ1) is 9.61. The molecule has 1 unspecified atom stereocenters. The van der Waals surface area contributed by atoms with Gasteiger partial charge in [-0.25, -0.2) is 0 Å². The molecule has 1 aromatic heterocycles. The lowest BCUT2D eigenvalue weighted by molar-refractivity contribution is -0.131. The van der Waals surface area contributed by atoms with Crippen molar-refractivity contribution in [3.8, 4) is 0 Å². The lowest BCUT2D eigenvalue weighted by atomic mass is 10.1. The van der Waals surface area contributed by atoms with Crippen molar-refractivity contribution < 1.29 is 4.79 Å². The van der Waals surface area contributed by atoms with Crippen LogP contribution < -0.4 is 0 Å². The molecule has 106 valence electrons. The van der Waals surface area contributed by atoms with Crippen LogP contribution in [-0.4, -0.2) is 17.4 Å². The van der Waals surface area contributed by atoms with Crippen LogP contribution in [0.15, 0.2) is 42.5 Å². The van der Waals surface area contributed by atoms with Crippen LogP contribution in [0.4, 0.5) is 0 Å². The first-order valence-electron chi connectivity index (χ1n) is 6.34. The number of benzene rings is 1. The molecule has 20 heavy (non-hydrogen) atoms. The van der Waals surface area contributed by atoms with Crippen molar-refractivity contribution in [2.75, 3.05) is 6.54 Å². The fraction of sp³-hybridized carbons (Fsp3) is 0.267. The van der Waals surface area contributed by atoms with Crippen LogP contribution in [0, 0.1) is 0 Å². The quantitative estimate of drug-likeness (QED) is 0.727. The van der Waals surface area contributed by atoms with E-state index in [0.717, 1.165) is 14.8 Å². The van der Waals surface area contributed by atoms with Crippen LogP contribution in [0.5, 0.6) is 0 Å². The molecule has 0 aliphatic heterocycles. The fourth-order valence-corrected chi connectivity index (χ4v) is 3.28. The number of halogens is 2. The third-order valence-corrected chi connectivity index (χ3v) is 4.63. The summed E-state index contributed by atoms with van der Waals surface area (Å²) in [5, 5.41) is -0.647. The van der Waals surface area contributed by atoms with Crippen LogP contribution in [0.2, 0.25) is 4.34 Å². The minimum Gasteiger partial charge on any atom is -0.336 e. The van der Waals surface area contributed by atoms with Crippen molar-refractivity contribution in [2.45, 2.75) is 18.8 Å². The highest BCUT2D eigenvalue weighted by Crippen LogP contribution is 2.26. The van der Waals surface area contributed by atoms with Gasteiger partial charge >= 0.3 is 0 Å². The Labute approximate surface area is 132 Å². The number of amides is 1. The molecule has 2 aromatic rings. The third-order valence-electron chi connectivity index (χ3n) is 2.98. The van der Waals surface area contributed by atoms with Gasteiger partial charge in [-0.2, -0.15) is 0 Å². The van der Waals surface area contributed by atoms with E-state index in [1.165, 1.54) is 11.3 Å². The summed E-state index contributed by atoms with van der Waals surface area (Å²) in [6.45, 7) is 3.11. The van der Waals surface area contributed by atoms with Gasteiger partial charge in [0.05, 0.1) is 10.9 Å². The maximum atomic E-state index is 12.5. The average molecular weight is 328 g/mol. The summed E-state index contributed by atoms with van der Waals surface area (Å²) >= 11 is 13.7. The number of alkyl halides is 1. The molecule has 1 aromatic carbocycles. The summed E-state index contributed by atoms with van der Waals surface area (Å²) in [4.78, 5) is 15.3. The number of carbonyl (C=O) groups excluding carboxylic acids is 1. The molecule has 5 heteroatoms. The predicted octanol–water partition coefficient (Wildman–Crippen LogP) is 4.73. The molecule has 1 atom stereocenters. The maximum absolute atomic E-state index is 12.5. The van der Waals surface area contributed by atoms with Gasteiger partial charge in [-0.05, 0) is 24.6 Å². The van der Waals surface area contributed by atoms with Gasteiger partial charge in [-0.15, -0.1) is 22.9 Å². The highest BCUT2D eigenvalue weighted by molar-refractivity contribution is 7.16. The van der Waals surface area contributed by atoms with Gasteiger partial charge in [-0.3, -0.25) is 4.79 Å². The number of thiophene rings is 1. The van der Waals surface area contributed by atoms with Crippen molar-refractivity contribution in [2.24, 2.45) is 0 Å². The van der Waals surface area contributed by atoms with Gasteiger partial charge in [0.1, 0.15) is 5.38 Å². The van der Waals surface area contributed by atoms with Gasteiger partial charge < -0.3 is 4.90 Å². The molecule has 0 aliphatic carbocycles. The van der Waals surface area contributed by atoms with Gasteiger partial charge in [0, 0.05) is 11.4 Å². The first-order valence-corrected chi connectivity index (χ1v) is 7.97. The molecule has 1 heterocycles. The topological polar surface area (TPSA) is 20.3 Å². The lowest BCUT2D eigenvalue weighted by Gasteiger charge is -2.23. The van der Waals surface area contributed by atoms with Crippen LogP contribution >= 0.6 is 34.5 Å². The molecule has 2 rings (SSSR count). The molecule has 0 fully saturated rings. The van der Waals surface area contributed by atoms with Crippen molar-refractivity contribution in [1.29, 1.82) is 0 Å². The smallest absolute Gasteiger partial charge is 0.245 e. The van der Waals surface area contributed by atoms with Crippen molar-refractivity contribution in [3.05, 3.63) is 57.2 Å². The summed E-state index contributed by atoms with van der Waals surface area (Å²) in [6, 6.07) is 13.2. The van der Waals surface area contributed by atoms with E-state index in [1.807, 2.05) is 49.4 Å². The normalized spacial score (nSPS) is 12.2. The van der Waals surface area contributed by atoms with Crippen molar-refractivity contribution in [1.82, 2.24) is 4.90 Å². The number of hydrogen-bond donors (Lipinski definition) is 0. The molecule has 0 aliphatic rings. The summed E-state index contributed by atoms with van der Waals surface area (Å²) in [6.07, 6.45) is 0. The van der Waals surface area contributed by atoms with E-state index in [2.05, 4.69) is 0 Å². The molecule has 0 radical (unpaired) electrons. The number of hydrogen-bond acceptors (Lipinski definition) is 2. The second kappa shape index (κ2) is 7.11. The van der Waals surface area contributed by atoms with Crippen molar-refractivity contribution in [3.63, 3.8) is 0 Å². The molecule has 0 N–H and O–H groups in total. The average Bonchev–Trinajstić information content (AvgIpc) is 2.89. The molecule has 1 amide bonds. The molecule has 2 nitrogen and oxygen atoms in total. The standard InChI is InChI=1S/C15H15Cl2NOS/c1-2-18(10-12-8-9-13(16)20-12)15(19)14(17)11-6-4-3-5-7-11/h3-9,14H,2,10H2,1H3. The third kappa shape index (κ3) is 3.75. The van der Waals surface area contributed by atoms with Gasteiger partial charge in [0.25, 0.3) is 0 Å². The van der Waals surface area contributed by atoms with Gasteiger partial charge in [0.15, 0.2) is 0 Å². The van der Waals surface area contributed by atoms with Crippen LogP contribution in [-0.2, 0) is 11.3 Å². The number of likely N-dealkylation sites (N-methyl/N-ethyl adjacent to an activating group) is 1. The monoisotopic (exact) mass is 327 g/mol. The Morgan fingerprint density at radius 1 is 1.25 bits per heavy atom. The SMILES string of the molecule is CCN(Cc1ccc(Cl)s1)C(=O)C(Cl)c1ccccc1. The maximum Gasteiger partial charge on any atom is 0.245 e. The van der Waals surface area contributed by atoms with E-state index in [1.54, 1.807) is 4.90 Å². The number of carbonyl (C=O) groups is 1. The zero-order valence-corrected chi connectivity index (χ0v) is 13.4. The second-order valence-electron chi connectivity index (χ2n) is 4.33. The van der Waals surface area contributed by atoms with E-state index >= 15 is 0 Å². The second-order valence-corrected chi connectivity index (χ2v) is 6.57. The molecular weight excluding hydrogens is 313 g/mol. The van der Waals surface area contributed by atoms with Crippen molar-refractivity contribution >= 4 is 40.4 Å². The Hall–Kier alpha value is -1.03. The Bertz CT molecular complexity index is 570. The zero-order valence-electron chi connectivity index (χ0n) is 11.1. The van der Waals surface area contributed by atoms with Crippen LogP contribution in [0.3, 0.4) is 0 Å². The molecule has 0 saturated carbocycles. The van der Waals surface area contributed by atoms with E-state index in [-0.39, 0.29) is 5.91 Å². The largest absolute Gasteiger partial charge is 0.336 e. The van der Waals surface area contributed by atoms with Crippen LogP contribution in [0.1, 0.15) is 22.7 Å². The number of rotatable bonds is 5.